The number of anilines is 3. The molecule has 0 aromatic heterocycles. The molecule has 8 heteroatoms. The monoisotopic (exact) mass is 703 g/mol. The predicted octanol–water partition coefficient (Wildman–Crippen LogP) is -3.85. The van der Waals surface area contributed by atoms with Crippen LogP contribution in [0, 0.1) is 48.5 Å². The molecule has 0 aliphatic carbocycles. The normalized spacial score (nSPS) is 10.6. The Morgan fingerprint density at radius 3 is 1.02 bits per heavy atom. The van der Waals surface area contributed by atoms with Crippen molar-refractivity contribution in [2.24, 2.45) is 0 Å². The SMILES string of the molecule is Cc1ccc([Si](c2ccc(C)c(N(C)C)c2)(c2ccc(C)c(N(C)C)c2)c2c(C)c(C)c(C)[c-]2C)cc1N(C)C.[Cl-].[Cl-].[Cl-].[Ti+4]. The maximum absolute atomic E-state index is 2.78. The van der Waals surface area contributed by atoms with E-state index < -0.39 is 8.07 Å². The molecule has 4 aromatic rings. The molecule has 4 rings (SSSR count). The second-order valence-corrected chi connectivity index (χ2v) is 16.0. The van der Waals surface area contributed by atoms with Gasteiger partial charge in [-0.1, -0.05) is 64.1 Å². The van der Waals surface area contributed by atoms with Gasteiger partial charge in [0.15, 0.2) is 8.07 Å². The Hall–Kier alpha value is -1.79. The van der Waals surface area contributed by atoms with Gasteiger partial charge >= 0.3 is 21.7 Å². The van der Waals surface area contributed by atoms with Gasteiger partial charge in [0.1, 0.15) is 0 Å². The van der Waals surface area contributed by atoms with Crippen LogP contribution in [-0.4, -0.2) is 50.4 Å². The van der Waals surface area contributed by atoms with Crippen LogP contribution >= 0.6 is 0 Å². The van der Waals surface area contributed by atoms with Crippen LogP contribution < -0.4 is 72.7 Å². The number of rotatable bonds is 7. The minimum atomic E-state index is -2.78. The summed E-state index contributed by atoms with van der Waals surface area (Å²) in [6, 6.07) is 21.7. The molecule has 0 saturated carbocycles. The van der Waals surface area contributed by atoms with Crippen LogP contribution in [0.3, 0.4) is 0 Å². The summed E-state index contributed by atoms with van der Waals surface area (Å²) < 4.78 is 0. The third kappa shape index (κ3) is 7.12. The zero-order valence-corrected chi connectivity index (χ0v) is 33.5. The molecule has 0 spiro atoms. The van der Waals surface area contributed by atoms with Gasteiger partial charge in [-0.05, 0) is 71.2 Å². The average Bonchev–Trinajstić information content (AvgIpc) is 3.09. The van der Waals surface area contributed by atoms with Crippen LogP contribution in [0.15, 0.2) is 54.6 Å². The van der Waals surface area contributed by atoms with E-state index in [4.69, 9.17) is 0 Å². The van der Waals surface area contributed by atoms with Crippen molar-refractivity contribution in [3.05, 3.63) is 93.5 Å². The Kier molecular flexibility index (Phi) is 15.5. The first-order valence-electron chi connectivity index (χ1n) is 14.3. The Labute approximate surface area is 301 Å². The van der Waals surface area contributed by atoms with E-state index in [1.165, 1.54) is 76.8 Å². The van der Waals surface area contributed by atoms with Crippen LogP contribution in [0.2, 0.25) is 0 Å². The van der Waals surface area contributed by atoms with Crippen molar-refractivity contribution in [2.45, 2.75) is 48.5 Å². The van der Waals surface area contributed by atoms with Gasteiger partial charge in [0.2, 0.25) is 0 Å². The molecule has 0 atom stereocenters. The second kappa shape index (κ2) is 16.2. The summed E-state index contributed by atoms with van der Waals surface area (Å²) in [5, 5.41) is 5.83. The average molecular weight is 705 g/mol. The van der Waals surface area contributed by atoms with E-state index in [2.05, 4.69) is 160 Å². The van der Waals surface area contributed by atoms with E-state index in [-0.39, 0.29) is 58.9 Å². The fourth-order valence-electron chi connectivity index (χ4n) is 6.69. The molecule has 44 heavy (non-hydrogen) atoms. The van der Waals surface area contributed by atoms with Crippen LogP contribution in [0.4, 0.5) is 17.1 Å². The molecule has 236 valence electrons. The summed E-state index contributed by atoms with van der Waals surface area (Å²) in [6.07, 6.45) is 0. The van der Waals surface area contributed by atoms with Gasteiger partial charge in [-0.2, -0.15) is 27.4 Å². The van der Waals surface area contributed by atoms with Gasteiger partial charge in [-0.3, -0.25) is 0 Å². The number of hydrogen-bond donors (Lipinski definition) is 0. The largest absolute Gasteiger partial charge is 4.00 e. The third-order valence-corrected chi connectivity index (χ3v) is 14.2. The van der Waals surface area contributed by atoms with E-state index in [1.54, 1.807) is 0 Å². The summed E-state index contributed by atoms with van der Waals surface area (Å²) >= 11 is 0. The second-order valence-electron chi connectivity index (χ2n) is 12.3. The van der Waals surface area contributed by atoms with Gasteiger partial charge in [0.25, 0.3) is 0 Å². The number of hydrogen-bond acceptors (Lipinski definition) is 3. The van der Waals surface area contributed by atoms with E-state index in [1.807, 2.05) is 0 Å². The maximum atomic E-state index is 2.49. The Balaban J connectivity index is 0.00000462. The Morgan fingerprint density at radius 1 is 0.500 bits per heavy atom. The molecule has 4 aromatic carbocycles. The van der Waals surface area contributed by atoms with Crippen LogP contribution in [-0.2, 0) is 21.7 Å². The molecule has 0 bridgehead atoms. The van der Waals surface area contributed by atoms with Crippen LogP contribution in [0.25, 0.3) is 0 Å². The predicted molar refractivity (Wildman–Crippen MR) is 182 cm³/mol. The molecule has 0 radical (unpaired) electrons. The fourth-order valence-corrected chi connectivity index (χ4v) is 12.1. The molecule has 0 fully saturated rings. The summed E-state index contributed by atoms with van der Waals surface area (Å²) in [5.74, 6) is 0. The molecule has 0 N–H and O–H groups in total. The van der Waals surface area contributed by atoms with Gasteiger partial charge in [-0.25, -0.2) is 0 Å². The molecule has 0 amide bonds. The molecule has 0 aliphatic heterocycles. The first-order valence-corrected chi connectivity index (χ1v) is 16.3. The molecule has 3 nitrogen and oxygen atoms in total. The van der Waals surface area contributed by atoms with E-state index in [9.17, 15) is 0 Å². The number of nitrogens with zero attached hydrogens (tertiary/aromatic N) is 3. The topological polar surface area (TPSA) is 9.72 Å². The third-order valence-electron chi connectivity index (χ3n) is 9.18. The Bertz CT molecular complexity index is 1410. The quantitative estimate of drug-likeness (QED) is 0.111. The fraction of sp³-hybridized carbons (Fsp3) is 0.361. The van der Waals surface area contributed by atoms with Crippen molar-refractivity contribution < 1.29 is 58.9 Å². The molecular weight excluding hydrogens is 657 g/mol. The van der Waals surface area contributed by atoms with Crippen molar-refractivity contribution in [2.75, 3.05) is 57.0 Å². The van der Waals surface area contributed by atoms with E-state index in [0.717, 1.165) is 0 Å². The minimum absolute atomic E-state index is 0. The molecule has 0 unspecified atom stereocenters. The van der Waals surface area contributed by atoms with Crippen LogP contribution in [0.1, 0.15) is 38.9 Å². The molecule has 0 saturated heterocycles. The first-order chi connectivity index (χ1) is 18.7. The Morgan fingerprint density at radius 2 is 0.795 bits per heavy atom. The summed E-state index contributed by atoms with van der Waals surface area (Å²) in [4.78, 5) is 6.79. The van der Waals surface area contributed by atoms with Gasteiger partial charge in [-0.15, -0.1) is 0 Å². The van der Waals surface area contributed by atoms with Crippen LogP contribution in [0.5, 0.6) is 0 Å². The number of aryl methyl sites for hydroxylation is 3. The van der Waals surface area contributed by atoms with Crippen molar-refractivity contribution in [3.8, 4) is 0 Å². The van der Waals surface area contributed by atoms with Crippen molar-refractivity contribution >= 4 is 45.9 Å². The van der Waals surface area contributed by atoms with Crippen molar-refractivity contribution in [1.29, 1.82) is 0 Å². The summed E-state index contributed by atoms with van der Waals surface area (Å²) in [7, 11) is 10.2. The smallest absolute Gasteiger partial charge is 1.00 e. The number of benzene rings is 3. The van der Waals surface area contributed by atoms with Gasteiger partial charge in [0, 0.05) is 59.3 Å². The zero-order valence-electron chi connectivity index (χ0n) is 28.7. The van der Waals surface area contributed by atoms with Crippen molar-refractivity contribution in [3.63, 3.8) is 0 Å². The summed E-state index contributed by atoms with van der Waals surface area (Å²) in [5.41, 5.74) is 13.5. The number of halogens is 3. The van der Waals surface area contributed by atoms with Crippen molar-refractivity contribution in [1.82, 2.24) is 0 Å². The van der Waals surface area contributed by atoms with E-state index >= 15 is 0 Å². The summed E-state index contributed by atoms with van der Waals surface area (Å²) in [6.45, 7) is 16.0. The minimum Gasteiger partial charge on any atom is -1.00 e. The first kappa shape index (κ1) is 42.2. The van der Waals surface area contributed by atoms with Gasteiger partial charge < -0.3 is 51.9 Å². The molecule has 0 heterocycles. The molecular formula is C36H48Cl3N3SiTi. The molecule has 0 aliphatic rings. The standard InChI is InChI=1S/C36H48N3Si.3ClH.Ti/c1-23-14-17-30(20-33(23)37(8)9)40(36-28(6)26(4)27(5)29(36)7,31-18-15-24(2)34(21-31)38(10)11)32-19-16-25(3)35(22-32)39(12)13;;;;/h14-22H,1-13H3;3*1H;/q-1;;;;+4/p-3. The maximum Gasteiger partial charge on any atom is 4.00 e. The zero-order chi connectivity index (χ0) is 29.7. The van der Waals surface area contributed by atoms with Gasteiger partial charge in [0.05, 0.1) is 0 Å². The van der Waals surface area contributed by atoms with E-state index in [0.29, 0.717) is 0 Å².